The summed E-state index contributed by atoms with van der Waals surface area (Å²) in [5.41, 5.74) is 0.917. The van der Waals surface area contributed by atoms with E-state index in [0.717, 1.165) is 64.2 Å². The molecule has 0 spiro atoms. The molecule has 0 saturated carbocycles. The van der Waals surface area contributed by atoms with Crippen LogP contribution in [0.25, 0.3) is 32.9 Å². The molecule has 1 N–H and O–H groups in total. The number of benzene rings is 2. The highest BCUT2D eigenvalue weighted by atomic mass is 19.1. The Kier molecular flexibility index (Phi) is 10.1. The summed E-state index contributed by atoms with van der Waals surface area (Å²) >= 11 is 0. The average Bonchev–Trinajstić information content (AvgIpc) is 3.64. The first kappa shape index (κ1) is 34.3. The molecule has 2 aromatic heterocycles. The number of aromatic nitrogens is 3. The molecule has 3 aliphatic rings. The third-order valence-electron chi connectivity index (χ3n) is 10.7. The zero-order chi connectivity index (χ0) is 34.2. The van der Waals surface area contributed by atoms with E-state index in [1.165, 1.54) is 18.6 Å². The van der Waals surface area contributed by atoms with Crippen LogP contribution in [0, 0.1) is 29.4 Å². The van der Waals surface area contributed by atoms with E-state index in [1.807, 2.05) is 6.92 Å². The highest BCUT2D eigenvalue weighted by Crippen LogP contribution is 2.41. The van der Waals surface area contributed by atoms with Gasteiger partial charge in [-0.05, 0) is 104 Å². The molecule has 7 nitrogen and oxygen atoms in total. The first-order chi connectivity index (χ1) is 23.0. The summed E-state index contributed by atoms with van der Waals surface area (Å²) in [5, 5.41) is 12.2. The second-order valence-electron chi connectivity index (χ2n) is 14.8. The van der Waals surface area contributed by atoms with Crippen LogP contribution in [0.3, 0.4) is 0 Å². The largest absolute Gasteiger partial charge is 0.508 e. The Hall–Kier alpha value is -3.59. The van der Waals surface area contributed by atoms with Crippen molar-refractivity contribution in [3.05, 3.63) is 47.7 Å². The van der Waals surface area contributed by atoms with Crippen molar-refractivity contribution in [1.82, 2.24) is 19.9 Å². The third-order valence-corrected chi connectivity index (χ3v) is 10.7. The summed E-state index contributed by atoms with van der Waals surface area (Å²) in [6, 6.07) is 6.17. The lowest BCUT2D eigenvalue weighted by atomic mass is 9.91. The Morgan fingerprint density at radius 1 is 1.02 bits per heavy atom. The number of aryl methyl sites for hydroxylation is 1. The zero-order valence-electron chi connectivity index (χ0n) is 29.5. The SMILES string of the molecule is CCC(C)C.CCc1c(F)ccc2cc(O)cc(-c3ncc4c(N5CC(C)CC(C)C5)nc(OCC56CCCN5CCC6)nc4c3F)c12. The van der Waals surface area contributed by atoms with Crippen LogP contribution < -0.4 is 9.64 Å². The molecule has 0 aliphatic carbocycles. The van der Waals surface area contributed by atoms with Gasteiger partial charge in [0.1, 0.15) is 35.2 Å². The van der Waals surface area contributed by atoms with E-state index in [9.17, 15) is 9.50 Å². The summed E-state index contributed by atoms with van der Waals surface area (Å²) in [5.74, 6) is 1.38. The number of hydrogen-bond acceptors (Lipinski definition) is 7. The number of aromatic hydroxyl groups is 1. The maximum absolute atomic E-state index is 16.8. The second kappa shape index (κ2) is 14.1. The fourth-order valence-electron chi connectivity index (χ4n) is 8.04. The molecule has 3 saturated heterocycles. The van der Waals surface area contributed by atoms with Crippen molar-refractivity contribution in [2.75, 3.05) is 37.7 Å². The Morgan fingerprint density at radius 2 is 1.71 bits per heavy atom. The van der Waals surface area contributed by atoms with Crippen molar-refractivity contribution in [3.8, 4) is 23.0 Å². The zero-order valence-corrected chi connectivity index (χ0v) is 29.5. The van der Waals surface area contributed by atoms with Gasteiger partial charge in [0.25, 0.3) is 0 Å². The molecule has 3 fully saturated rings. The Bertz CT molecular complexity index is 1760. The lowest BCUT2D eigenvalue weighted by Gasteiger charge is -2.36. The van der Waals surface area contributed by atoms with Gasteiger partial charge in [0.15, 0.2) is 5.82 Å². The minimum Gasteiger partial charge on any atom is -0.508 e. The predicted molar refractivity (Wildman–Crippen MR) is 190 cm³/mol. The third kappa shape index (κ3) is 6.67. The molecule has 4 aromatic rings. The highest BCUT2D eigenvalue weighted by molar-refractivity contribution is 6.01. The van der Waals surface area contributed by atoms with Crippen molar-refractivity contribution in [2.24, 2.45) is 17.8 Å². The number of ether oxygens (including phenoxy) is 1. The number of piperidine rings is 1. The molecule has 258 valence electrons. The minimum atomic E-state index is -0.635. The minimum absolute atomic E-state index is 0.00428. The molecule has 48 heavy (non-hydrogen) atoms. The van der Waals surface area contributed by atoms with E-state index in [2.05, 4.69) is 54.4 Å². The first-order valence-corrected chi connectivity index (χ1v) is 18.0. The van der Waals surface area contributed by atoms with Crippen LogP contribution in [0.2, 0.25) is 0 Å². The number of phenols is 1. The standard InChI is InChI=1S/C34H39F2N5O2.C5H12/c1-4-24-27(35)8-7-22-14-23(42)15-25(28(22)24)30-29(36)31-26(16-37-30)32(40-17-20(2)13-21(3)18-40)39-33(38-31)43-19-34-9-5-11-41(34)12-6-10-34;1-4-5(2)3/h7-8,14-16,20-21,42H,4-6,9-13,17-19H2,1-3H3;5H,4H2,1-3H3. The average molecular weight is 660 g/mol. The van der Waals surface area contributed by atoms with E-state index in [1.54, 1.807) is 18.3 Å². The molecule has 2 aromatic carbocycles. The van der Waals surface area contributed by atoms with Crippen LogP contribution in [-0.4, -0.2) is 63.3 Å². The topological polar surface area (TPSA) is 74.6 Å². The van der Waals surface area contributed by atoms with Crippen molar-refractivity contribution in [3.63, 3.8) is 0 Å². The van der Waals surface area contributed by atoms with Gasteiger partial charge in [-0.2, -0.15) is 9.97 Å². The molecule has 0 amide bonds. The fourth-order valence-corrected chi connectivity index (χ4v) is 8.04. The Balaban J connectivity index is 0.000000749. The summed E-state index contributed by atoms with van der Waals surface area (Å²) < 4.78 is 38.1. The van der Waals surface area contributed by atoms with Crippen LogP contribution >= 0.6 is 0 Å². The number of fused-ring (bicyclic) bond motifs is 3. The number of phenolic OH excluding ortho intramolecular Hbond substituents is 1. The summed E-state index contributed by atoms with van der Waals surface area (Å²) in [7, 11) is 0. The van der Waals surface area contributed by atoms with Crippen LogP contribution in [0.15, 0.2) is 30.5 Å². The van der Waals surface area contributed by atoms with Gasteiger partial charge in [-0.25, -0.2) is 8.78 Å². The second-order valence-corrected chi connectivity index (χ2v) is 14.8. The number of anilines is 1. The van der Waals surface area contributed by atoms with Crippen molar-refractivity contribution in [1.29, 1.82) is 0 Å². The summed E-state index contributed by atoms with van der Waals surface area (Å²) in [4.78, 5) is 18.9. The van der Waals surface area contributed by atoms with Crippen LogP contribution in [-0.2, 0) is 6.42 Å². The number of nitrogens with zero attached hydrogens (tertiary/aromatic N) is 5. The van der Waals surface area contributed by atoms with Gasteiger partial charge in [-0.3, -0.25) is 9.88 Å². The number of halogens is 2. The lowest BCUT2D eigenvalue weighted by Crippen LogP contribution is -2.43. The molecular formula is C39H51F2N5O2. The van der Waals surface area contributed by atoms with Crippen LogP contribution in [0.5, 0.6) is 11.8 Å². The first-order valence-electron chi connectivity index (χ1n) is 18.0. The van der Waals surface area contributed by atoms with Crippen molar-refractivity contribution < 1.29 is 18.6 Å². The Labute approximate surface area is 283 Å². The maximum atomic E-state index is 16.8. The molecule has 0 bridgehead atoms. The fraction of sp³-hybridized carbons (Fsp3) is 0.564. The number of rotatable bonds is 7. The van der Waals surface area contributed by atoms with E-state index >= 15 is 4.39 Å². The van der Waals surface area contributed by atoms with Gasteiger partial charge in [0, 0.05) is 24.8 Å². The maximum Gasteiger partial charge on any atom is 0.319 e. The van der Waals surface area contributed by atoms with E-state index < -0.39 is 5.82 Å². The summed E-state index contributed by atoms with van der Waals surface area (Å²) in [6.07, 6.45) is 8.92. The van der Waals surface area contributed by atoms with E-state index in [4.69, 9.17) is 9.72 Å². The molecule has 2 unspecified atom stereocenters. The molecule has 5 heterocycles. The van der Waals surface area contributed by atoms with Crippen molar-refractivity contribution >= 4 is 27.5 Å². The number of hydrogen-bond donors (Lipinski definition) is 1. The van der Waals surface area contributed by atoms with E-state index in [0.29, 0.717) is 58.0 Å². The summed E-state index contributed by atoms with van der Waals surface area (Å²) in [6.45, 7) is 17.2. The predicted octanol–water partition coefficient (Wildman–Crippen LogP) is 8.93. The van der Waals surface area contributed by atoms with Crippen molar-refractivity contribution in [2.45, 2.75) is 92.0 Å². The van der Waals surface area contributed by atoms with Gasteiger partial charge in [-0.1, -0.05) is 54.0 Å². The van der Waals surface area contributed by atoms with Gasteiger partial charge >= 0.3 is 6.01 Å². The van der Waals surface area contributed by atoms with Gasteiger partial charge in [-0.15, -0.1) is 0 Å². The molecule has 7 rings (SSSR count). The lowest BCUT2D eigenvalue weighted by molar-refractivity contribution is 0.108. The van der Waals surface area contributed by atoms with Gasteiger partial charge in [0.2, 0.25) is 0 Å². The van der Waals surface area contributed by atoms with Gasteiger partial charge < -0.3 is 14.7 Å². The Morgan fingerprint density at radius 3 is 2.35 bits per heavy atom. The quantitative estimate of drug-likeness (QED) is 0.212. The van der Waals surface area contributed by atoms with Crippen LogP contribution in [0.4, 0.5) is 14.6 Å². The number of pyridine rings is 1. The monoisotopic (exact) mass is 659 g/mol. The van der Waals surface area contributed by atoms with Gasteiger partial charge in [0.05, 0.1) is 10.9 Å². The molecule has 9 heteroatoms. The van der Waals surface area contributed by atoms with E-state index in [-0.39, 0.29) is 34.3 Å². The normalized spacial score (nSPS) is 20.7. The molecule has 0 radical (unpaired) electrons. The van der Waals surface area contributed by atoms with Crippen LogP contribution in [0.1, 0.15) is 85.6 Å². The molecule has 2 atom stereocenters. The highest BCUT2D eigenvalue weighted by Gasteiger charge is 2.45. The smallest absolute Gasteiger partial charge is 0.319 e. The molecular weight excluding hydrogens is 608 g/mol. The molecule has 3 aliphatic heterocycles.